The van der Waals surface area contributed by atoms with Crippen molar-refractivity contribution in [3.8, 4) is 0 Å². The number of amides is 1. The normalized spacial score (nSPS) is 21.7. The lowest BCUT2D eigenvalue weighted by molar-refractivity contribution is 0.0673. The average Bonchev–Trinajstić information content (AvgIpc) is 3.23. The predicted molar refractivity (Wildman–Crippen MR) is 82.6 cm³/mol. The Morgan fingerprint density at radius 1 is 1.50 bits per heavy atom. The van der Waals surface area contributed by atoms with Gasteiger partial charge in [-0.05, 0) is 26.0 Å². The van der Waals surface area contributed by atoms with Crippen molar-refractivity contribution in [2.24, 2.45) is 0 Å². The highest BCUT2D eigenvalue weighted by Crippen LogP contribution is 2.33. The number of imidazole rings is 1. The molecule has 1 aliphatic heterocycles. The van der Waals surface area contributed by atoms with Gasteiger partial charge in [0.05, 0.1) is 12.1 Å². The van der Waals surface area contributed by atoms with Crippen molar-refractivity contribution in [2.45, 2.75) is 38.5 Å². The van der Waals surface area contributed by atoms with Gasteiger partial charge in [-0.2, -0.15) is 0 Å². The maximum atomic E-state index is 13.0. The van der Waals surface area contributed by atoms with Crippen molar-refractivity contribution in [3.05, 3.63) is 42.2 Å². The summed E-state index contributed by atoms with van der Waals surface area (Å²) < 4.78 is 7.47. The third-order valence-corrected chi connectivity index (χ3v) is 4.25. The molecule has 0 unspecified atom stereocenters. The number of carbonyl (C=O) groups is 1. The van der Waals surface area contributed by atoms with Gasteiger partial charge < -0.3 is 19.2 Å². The molecule has 0 spiro atoms. The van der Waals surface area contributed by atoms with Crippen LogP contribution in [0.1, 0.15) is 48.7 Å². The first-order valence-electron chi connectivity index (χ1n) is 7.61. The standard InChI is InChI=1S/C16H22N4O2/c1-11(2)19-8-4-5-13(19)16(21)20-10-12(22-3)9-14(20)15-17-6-7-18-15/h4-8,11-12,14H,9-10H2,1-3H3,(H,17,18)/t12-,14+/m1/s1. The Morgan fingerprint density at radius 3 is 2.95 bits per heavy atom. The molecule has 1 fully saturated rings. The minimum atomic E-state index is -0.0667. The maximum Gasteiger partial charge on any atom is 0.271 e. The fraction of sp³-hybridized carbons (Fsp3) is 0.500. The highest BCUT2D eigenvalue weighted by Gasteiger charge is 2.38. The molecule has 1 amide bonds. The minimum absolute atomic E-state index is 0.0275. The second-order valence-electron chi connectivity index (χ2n) is 5.94. The van der Waals surface area contributed by atoms with E-state index in [2.05, 4.69) is 23.8 Å². The van der Waals surface area contributed by atoms with Gasteiger partial charge in [0.2, 0.25) is 0 Å². The largest absolute Gasteiger partial charge is 0.380 e. The number of likely N-dealkylation sites (tertiary alicyclic amines) is 1. The van der Waals surface area contributed by atoms with Gasteiger partial charge in [0.15, 0.2) is 0 Å². The lowest BCUT2D eigenvalue weighted by Crippen LogP contribution is -2.34. The van der Waals surface area contributed by atoms with Crippen molar-refractivity contribution in [1.82, 2.24) is 19.4 Å². The summed E-state index contributed by atoms with van der Waals surface area (Å²) in [6.45, 7) is 4.73. The topological polar surface area (TPSA) is 63.1 Å². The molecule has 0 saturated carbocycles. The zero-order chi connectivity index (χ0) is 15.7. The number of rotatable bonds is 4. The first-order valence-corrected chi connectivity index (χ1v) is 7.61. The van der Waals surface area contributed by atoms with E-state index in [0.717, 1.165) is 12.2 Å². The molecule has 1 aliphatic rings. The number of nitrogens with one attached hydrogen (secondary N) is 1. The number of ether oxygens (including phenoxy) is 1. The van der Waals surface area contributed by atoms with E-state index in [9.17, 15) is 4.79 Å². The van der Waals surface area contributed by atoms with Gasteiger partial charge in [-0.25, -0.2) is 4.98 Å². The molecule has 6 nitrogen and oxygen atoms in total. The number of aromatic nitrogens is 3. The Balaban J connectivity index is 1.90. The monoisotopic (exact) mass is 302 g/mol. The third kappa shape index (κ3) is 2.54. The predicted octanol–water partition coefficient (Wildman–Crippen LogP) is 2.39. The van der Waals surface area contributed by atoms with Gasteiger partial charge >= 0.3 is 0 Å². The van der Waals surface area contributed by atoms with E-state index in [0.29, 0.717) is 12.2 Å². The van der Waals surface area contributed by atoms with Crippen molar-refractivity contribution in [2.75, 3.05) is 13.7 Å². The van der Waals surface area contributed by atoms with Crippen LogP contribution in [0, 0.1) is 0 Å². The number of methoxy groups -OCH3 is 1. The zero-order valence-corrected chi connectivity index (χ0v) is 13.2. The fourth-order valence-corrected chi connectivity index (χ4v) is 3.08. The van der Waals surface area contributed by atoms with E-state index in [1.54, 1.807) is 19.5 Å². The Bertz CT molecular complexity index is 632. The molecule has 6 heteroatoms. The smallest absolute Gasteiger partial charge is 0.271 e. The van der Waals surface area contributed by atoms with Crippen molar-refractivity contribution in [1.29, 1.82) is 0 Å². The van der Waals surface area contributed by atoms with Crippen LogP contribution >= 0.6 is 0 Å². The minimum Gasteiger partial charge on any atom is -0.380 e. The molecule has 1 saturated heterocycles. The molecule has 3 heterocycles. The van der Waals surface area contributed by atoms with Crippen LogP contribution in [-0.2, 0) is 4.74 Å². The molecule has 22 heavy (non-hydrogen) atoms. The summed E-state index contributed by atoms with van der Waals surface area (Å²) in [5.74, 6) is 0.843. The van der Waals surface area contributed by atoms with Crippen LogP contribution in [0.25, 0.3) is 0 Å². The van der Waals surface area contributed by atoms with E-state index in [1.807, 2.05) is 27.8 Å². The van der Waals surface area contributed by atoms with E-state index in [1.165, 1.54) is 0 Å². The number of H-pyrrole nitrogens is 1. The molecule has 0 bridgehead atoms. The van der Waals surface area contributed by atoms with Gasteiger partial charge in [-0.15, -0.1) is 0 Å². The molecular formula is C16H22N4O2. The molecular weight excluding hydrogens is 280 g/mol. The van der Waals surface area contributed by atoms with E-state index in [-0.39, 0.29) is 24.1 Å². The van der Waals surface area contributed by atoms with E-state index >= 15 is 0 Å². The van der Waals surface area contributed by atoms with Crippen LogP contribution in [-0.4, -0.2) is 45.1 Å². The second kappa shape index (κ2) is 5.96. The number of carbonyl (C=O) groups excluding carboxylic acids is 1. The summed E-state index contributed by atoms with van der Waals surface area (Å²) in [6.07, 6.45) is 6.26. The number of hydrogen-bond acceptors (Lipinski definition) is 3. The second-order valence-corrected chi connectivity index (χ2v) is 5.94. The van der Waals surface area contributed by atoms with Gasteiger partial charge in [-0.1, -0.05) is 0 Å². The number of aromatic amines is 1. The first kappa shape index (κ1) is 14.8. The van der Waals surface area contributed by atoms with Crippen molar-refractivity contribution < 1.29 is 9.53 Å². The van der Waals surface area contributed by atoms with Gasteiger partial charge in [0, 0.05) is 44.7 Å². The highest BCUT2D eigenvalue weighted by atomic mass is 16.5. The Hall–Kier alpha value is -2.08. The van der Waals surface area contributed by atoms with Gasteiger partial charge in [0.25, 0.3) is 5.91 Å². The highest BCUT2D eigenvalue weighted by molar-refractivity contribution is 5.93. The summed E-state index contributed by atoms with van der Waals surface area (Å²) in [5.41, 5.74) is 0.711. The summed E-state index contributed by atoms with van der Waals surface area (Å²) >= 11 is 0. The summed E-state index contributed by atoms with van der Waals surface area (Å²) in [6, 6.07) is 3.97. The quantitative estimate of drug-likeness (QED) is 0.943. The molecule has 1 N–H and O–H groups in total. The molecule has 0 aliphatic carbocycles. The average molecular weight is 302 g/mol. The van der Waals surface area contributed by atoms with Crippen molar-refractivity contribution >= 4 is 5.91 Å². The van der Waals surface area contributed by atoms with Crippen LogP contribution < -0.4 is 0 Å². The van der Waals surface area contributed by atoms with Crippen LogP contribution in [0.2, 0.25) is 0 Å². The van der Waals surface area contributed by atoms with Crippen LogP contribution in [0.5, 0.6) is 0 Å². The number of hydrogen-bond donors (Lipinski definition) is 1. The summed E-state index contributed by atoms with van der Waals surface area (Å²) in [4.78, 5) is 22.3. The van der Waals surface area contributed by atoms with Crippen LogP contribution in [0.3, 0.4) is 0 Å². The Labute approximate surface area is 130 Å². The third-order valence-electron chi connectivity index (χ3n) is 4.25. The maximum absolute atomic E-state index is 13.0. The fourth-order valence-electron chi connectivity index (χ4n) is 3.08. The molecule has 0 aromatic carbocycles. The summed E-state index contributed by atoms with van der Waals surface area (Å²) in [7, 11) is 1.69. The van der Waals surface area contributed by atoms with Gasteiger partial charge in [-0.3, -0.25) is 4.79 Å². The molecule has 2 aromatic heterocycles. The molecule has 2 aromatic rings. The zero-order valence-electron chi connectivity index (χ0n) is 13.2. The molecule has 118 valence electrons. The van der Waals surface area contributed by atoms with Gasteiger partial charge in [0.1, 0.15) is 11.5 Å². The van der Waals surface area contributed by atoms with E-state index < -0.39 is 0 Å². The molecule has 2 atom stereocenters. The SMILES string of the molecule is CO[C@@H]1C[C@@H](c2ncc[nH]2)N(C(=O)c2cccn2C(C)C)C1. The summed E-state index contributed by atoms with van der Waals surface area (Å²) in [5, 5.41) is 0. The first-order chi connectivity index (χ1) is 10.6. The lowest BCUT2D eigenvalue weighted by atomic mass is 10.2. The Morgan fingerprint density at radius 2 is 2.32 bits per heavy atom. The van der Waals surface area contributed by atoms with Crippen molar-refractivity contribution in [3.63, 3.8) is 0 Å². The molecule has 3 rings (SSSR count). The lowest BCUT2D eigenvalue weighted by Gasteiger charge is -2.24. The number of nitrogens with zero attached hydrogens (tertiary/aromatic N) is 3. The van der Waals surface area contributed by atoms with E-state index in [4.69, 9.17) is 4.74 Å². The van der Waals surface area contributed by atoms with Crippen LogP contribution in [0.15, 0.2) is 30.7 Å². The molecule has 0 radical (unpaired) electrons. The van der Waals surface area contributed by atoms with Crippen LogP contribution in [0.4, 0.5) is 0 Å². The Kier molecular flexibility index (Phi) is 4.02.